The Kier molecular flexibility index (Phi) is 2.10. The summed E-state index contributed by atoms with van der Waals surface area (Å²) in [4.78, 5) is 23.1. The van der Waals surface area contributed by atoms with Crippen molar-refractivity contribution in [2.45, 2.75) is 12.5 Å². The maximum Gasteiger partial charge on any atom is 0.352 e. The van der Waals surface area contributed by atoms with Crippen LogP contribution in [0.25, 0.3) is 0 Å². The van der Waals surface area contributed by atoms with Gasteiger partial charge in [-0.25, -0.2) is 4.79 Å². The molecule has 0 aromatic carbocycles. The van der Waals surface area contributed by atoms with Gasteiger partial charge in [0.05, 0.1) is 6.04 Å². The Morgan fingerprint density at radius 2 is 2.33 bits per heavy atom. The molecule has 0 spiro atoms. The first kappa shape index (κ1) is 9.06. The van der Waals surface area contributed by atoms with Crippen molar-refractivity contribution in [3.8, 4) is 0 Å². The molecule has 0 amide bonds. The van der Waals surface area contributed by atoms with Gasteiger partial charge >= 0.3 is 5.97 Å². The van der Waals surface area contributed by atoms with Gasteiger partial charge in [0, 0.05) is 12.6 Å². The molecule has 1 N–H and O–H groups in total. The Balaban J connectivity index is 0.000000720. The first-order chi connectivity index (χ1) is 5.20. The van der Waals surface area contributed by atoms with Crippen LogP contribution in [0, 0.1) is 0 Å². The molecule has 1 atom stereocenters. The van der Waals surface area contributed by atoms with E-state index in [-0.39, 0.29) is 29.9 Å². The highest BCUT2D eigenvalue weighted by Gasteiger charge is 2.42. The maximum atomic E-state index is 11.0. The van der Waals surface area contributed by atoms with Crippen molar-refractivity contribution in [2.75, 3.05) is 6.54 Å². The van der Waals surface area contributed by atoms with Gasteiger partial charge in [-0.15, -0.1) is 12.4 Å². The second kappa shape index (κ2) is 2.79. The lowest BCUT2D eigenvalue weighted by atomic mass is 10.0. The number of hydrogen-bond acceptors (Lipinski definition) is 3. The van der Waals surface area contributed by atoms with E-state index in [4.69, 9.17) is 5.11 Å². The molecule has 2 aliphatic rings. The Hall–Kier alpha value is -1.03. The number of ketones is 1. The molecule has 0 aromatic rings. The van der Waals surface area contributed by atoms with E-state index in [0.29, 0.717) is 6.54 Å². The van der Waals surface area contributed by atoms with Crippen molar-refractivity contribution in [3.63, 3.8) is 0 Å². The van der Waals surface area contributed by atoms with Gasteiger partial charge in [-0.1, -0.05) is 0 Å². The van der Waals surface area contributed by atoms with Gasteiger partial charge in [0.2, 0.25) is 0 Å². The first-order valence-corrected chi connectivity index (χ1v) is 3.45. The molecule has 0 bridgehead atoms. The number of carbonyl (C=O) groups is 2. The monoisotopic (exact) mass is 189 g/mol. The fraction of sp³-hybridized carbons (Fsp3) is 0.429. The van der Waals surface area contributed by atoms with E-state index in [1.165, 1.54) is 6.08 Å². The molecule has 1 saturated heterocycles. The molecule has 1 unspecified atom stereocenters. The number of fused-ring (bicyclic) bond motifs is 1. The summed E-state index contributed by atoms with van der Waals surface area (Å²) in [5.74, 6) is -1.06. The standard InChI is InChI=1S/C7H7NO3.ClH/c9-6-3-5(7(10)11)8-2-1-4(6)8;/h3-4H,1-2H2,(H,10,11);1H. The van der Waals surface area contributed by atoms with E-state index in [9.17, 15) is 9.59 Å². The maximum absolute atomic E-state index is 11.0. The molecule has 0 saturated carbocycles. The number of rotatable bonds is 1. The van der Waals surface area contributed by atoms with Crippen LogP contribution in [0.1, 0.15) is 6.42 Å². The molecule has 2 aliphatic heterocycles. The van der Waals surface area contributed by atoms with Crippen LogP contribution in [-0.4, -0.2) is 34.3 Å². The number of halogens is 1. The molecule has 2 rings (SSSR count). The van der Waals surface area contributed by atoms with Crippen LogP contribution >= 0.6 is 12.4 Å². The highest BCUT2D eigenvalue weighted by Crippen LogP contribution is 2.29. The third-order valence-corrected chi connectivity index (χ3v) is 2.16. The van der Waals surface area contributed by atoms with Crippen molar-refractivity contribution in [1.82, 2.24) is 4.90 Å². The van der Waals surface area contributed by atoms with Crippen LogP contribution in [0.3, 0.4) is 0 Å². The minimum atomic E-state index is -0.999. The molecule has 2 heterocycles. The second-order valence-corrected chi connectivity index (χ2v) is 2.73. The number of carboxylic acids is 1. The van der Waals surface area contributed by atoms with E-state index in [1.54, 1.807) is 4.90 Å². The van der Waals surface area contributed by atoms with Crippen molar-refractivity contribution < 1.29 is 14.7 Å². The molecule has 12 heavy (non-hydrogen) atoms. The van der Waals surface area contributed by atoms with E-state index in [1.807, 2.05) is 0 Å². The normalized spacial score (nSPS) is 25.3. The van der Waals surface area contributed by atoms with Crippen LogP contribution in [0.5, 0.6) is 0 Å². The summed E-state index contributed by atoms with van der Waals surface area (Å²) in [5.41, 5.74) is 0.159. The lowest BCUT2D eigenvalue weighted by Gasteiger charge is -2.36. The molecule has 1 fully saturated rings. The molecule has 66 valence electrons. The Labute approximate surface area is 75.3 Å². The minimum absolute atomic E-state index is 0. The van der Waals surface area contributed by atoms with Crippen molar-refractivity contribution >= 4 is 24.2 Å². The second-order valence-electron chi connectivity index (χ2n) is 2.73. The zero-order chi connectivity index (χ0) is 8.01. The predicted octanol–water partition coefficient (Wildman–Crippen LogP) is 0.0337. The summed E-state index contributed by atoms with van der Waals surface area (Å²) in [5, 5.41) is 8.59. The van der Waals surface area contributed by atoms with Crippen LogP contribution in [0.2, 0.25) is 0 Å². The van der Waals surface area contributed by atoms with E-state index in [0.717, 1.165) is 6.42 Å². The fourth-order valence-electron chi connectivity index (χ4n) is 1.47. The van der Waals surface area contributed by atoms with Crippen LogP contribution in [-0.2, 0) is 9.59 Å². The number of carbonyl (C=O) groups excluding carboxylic acids is 1. The number of nitrogens with zero attached hydrogens (tertiary/aromatic N) is 1. The van der Waals surface area contributed by atoms with Gasteiger partial charge in [0.15, 0.2) is 5.78 Å². The van der Waals surface area contributed by atoms with E-state index < -0.39 is 5.97 Å². The van der Waals surface area contributed by atoms with Gasteiger partial charge in [-0.05, 0) is 6.42 Å². The van der Waals surface area contributed by atoms with Crippen molar-refractivity contribution in [1.29, 1.82) is 0 Å². The highest BCUT2D eigenvalue weighted by atomic mass is 35.5. The summed E-state index contributed by atoms with van der Waals surface area (Å²) >= 11 is 0. The zero-order valence-electron chi connectivity index (χ0n) is 6.19. The summed E-state index contributed by atoms with van der Waals surface area (Å²) in [7, 11) is 0. The van der Waals surface area contributed by atoms with E-state index >= 15 is 0 Å². The van der Waals surface area contributed by atoms with Crippen molar-refractivity contribution in [3.05, 3.63) is 11.8 Å². The first-order valence-electron chi connectivity index (χ1n) is 3.45. The highest BCUT2D eigenvalue weighted by molar-refractivity contribution is 6.05. The largest absolute Gasteiger partial charge is 0.477 e. The van der Waals surface area contributed by atoms with Crippen molar-refractivity contribution in [2.24, 2.45) is 0 Å². The van der Waals surface area contributed by atoms with Gasteiger partial charge < -0.3 is 10.0 Å². The summed E-state index contributed by atoms with van der Waals surface area (Å²) in [6.45, 7) is 0.703. The Bertz CT molecular complexity index is 274. The van der Waals surface area contributed by atoms with Crippen LogP contribution in [0.15, 0.2) is 11.8 Å². The summed E-state index contributed by atoms with van der Waals surface area (Å²) < 4.78 is 0. The third kappa shape index (κ3) is 0.992. The molecule has 0 aliphatic carbocycles. The quantitative estimate of drug-likeness (QED) is 0.633. The SMILES string of the molecule is Cl.O=C(O)C1=CC(=O)C2CCN12. The smallest absolute Gasteiger partial charge is 0.352 e. The number of aliphatic carboxylic acids is 1. The van der Waals surface area contributed by atoms with E-state index in [2.05, 4.69) is 0 Å². The molecular formula is C7H8ClNO3. The average molecular weight is 190 g/mol. The van der Waals surface area contributed by atoms with Gasteiger partial charge in [-0.2, -0.15) is 0 Å². The third-order valence-electron chi connectivity index (χ3n) is 2.16. The predicted molar refractivity (Wildman–Crippen MR) is 43.1 cm³/mol. The Morgan fingerprint density at radius 3 is 2.58 bits per heavy atom. The van der Waals surface area contributed by atoms with Gasteiger partial charge in [0.25, 0.3) is 0 Å². The molecule has 5 heteroatoms. The summed E-state index contributed by atoms with van der Waals surface area (Å²) in [6.07, 6.45) is 2.02. The minimum Gasteiger partial charge on any atom is -0.477 e. The zero-order valence-corrected chi connectivity index (χ0v) is 7.00. The number of carboxylic acid groups (broad SMARTS) is 1. The van der Waals surface area contributed by atoms with Crippen LogP contribution in [0.4, 0.5) is 0 Å². The molecule has 4 nitrogen and oxygen atoms in total. The topological polar surface area (TPSA) is 57.6 Å². The average Bonchev–Trinajstić information content (AvgIpc) is 2.02. The lowest BCUT2D eigenvalue weighted by molar-refractivity contribution is -0.135. The summed E-state index contributed by atoms with van der Waals surface area (Å²) in [6, 6.07) is -0.152. The van der Waals surface area contributed by atoms with Gasteiger partial charge in [-0.3, -0.25) is 4.79 Å². The van der Waals surface area contributed by atoms with Gasteiger partial charge in [0.1, 0.15) is 5.70 Å². The number of hydrogen-bond donors (Lipinski definition) is 1. The molecule has 0 aromatic heterocycles. The van der Waals surface area contributed by atoms with Crippen LogP contribution < -0.4 is 0 Å². The lowest BCUT2D eigenvalue weighted by Crippen LogP contribution is -2.47. The molecule has 0 radical (unpaired) electrons. The Morgan fingerprint density at radius 1 is 1.67 bits per heavy atom. The molecular weight excluding hydrogens is 182 g/mol. The fourth-order valence-corrected chi connectivity index (χ4v) is 1.47.